The van der Waals surface area contributed by atoms with E-state index in [4.69, 9.17) is 0 Å². The summed E-state index contributed by atoms with van der Waals surface area (Å²) >= 11 is 1.75. The molecule has 30 heavy (non-hydrogen) atoms. The van der Waals surface area contributed by atoms with Gasteiger partial charge in [-0.2, -0.15) is 4.31 Å². The second-order valence-corrected chi connectivity index (χ2v) is 11.1. The zero-order valence-electron chi connectivity index (χ0n) is 18.0. The van der Waals surface area contributed by atoms with Gasteiger partial charge in [0.25, 0.3) is 0 Å². The number of aliphatic imine (C=N–C) groups is 1. The van der Waals surface area contributed by atoms with Crippen LogP contribution in [0.3, 0.4) is 0 Å². The van der Waals surface area contributed by atoms with Crippen molar-refractivity contribution in [3.8, 4) is 0 Å². The first-order chi connectivity index (χ1) is 14.3. The van der Waals surface area contributed by atoms with Crippen LogP contribution in [-0.4, -0.2) is 45.4 Å². The van der Waals surface area contributed by atoms with E-state index in [2.05, 4.69) is 47.0 Å². The number of piperidine rings is 1. The van der Waals surface area contributed by atoms with E-state index >= 15 is 0 Å². The average Bonchev–Trinajstić information content (AvgIpc) is 3.31. The topological polar surface area (TPSA) is 73.8 Å². The Balaban J connectivity index is 1.66. The molecule has 2 N–H and O–H groups in total. The summed E-state index contributed by atoms with van der Waals surface area (Å²) in [5.41, 5.74) is 0.727. The van der Waals surface area contributed by atoms with E-state index < -0.39 is 10.0 Å². The fraction of sp³-hybridized carbons (Fsp3) is 0.500. The highest BCUT2D eigenvalue weighted by Crippen LogP contribution is 2.26. The molecule has 1 saturated heterocycles. The molecule has 2 heterocycles. The van der Waals surface area contributed by atoms with Crippen LogP contribution >= 0.6 is 11.3 Å². The quantitative estimate of drug-likeness (QED) is 0.502. The maximum absolute atomic E-state index is 13.2. The third-order valence-corrected chi connectivity index (χ3v) is 8.70. The molecular weight excluding hydrogens is 416 g/mol. The highest BCUT2D eigenvalue weighted by Gasteiger charge is 2.28. The molecule has 0 unspecified atom stereocenters. The van der Waals surface area contributed by atoms with Gasteiger partial charge < -0.3 is 10.6 Å². The predicted molar refractivity (Wildman–Crippen MR) is 125 cm³/mol. The standard InChI is InChI=1S/C22H32N4O2S2/c1-22(2,20-12-9-15-29-20)17-25-21(23-3)24-16-18-10-5-6-11-19(18)30(27,28)26-13-7-4-8-14-26/h5-6,9-12,15H,4,7-8,13-14,16-17H2,1-3H3,(H2,23,24,25). The maximum atomic E-state index is 13.2. The van der Waals surface area contributed by atoms with E-state index in [0.717, 1.165) is 31.4 Å². The number of thiophene rings is 1. The van der Waals surface area contributed by atoms with Crippen LogP contribution in [0.15, 0.2) is 51.7 Å². The highest BCUT2D eigenvalue weighted by molar-refractivity contribution is 7.89. The number of rotatable bonds is 7. The van der Waals surface area contributed by atoms with Gasteiger partial charge in [-0.25, -0.2) is 8.42 Å². The first kappa shape index (κ1) is 22.8. The molecule has 164 valence electrons. The molecule has 0 atom stereocenters. The first-order valence-electron chi connectivity index (χ1n) is 10.4. The van der Waals surface area contributed by atoms with E-state index in [1.807, 2.05) is 12.1 Å². The third kappa shape index (κ3) is 5.42. The van der Waals surface area contributed by atoms with Crippen molar-refractivity contribution in [3.05, 3.63) is 52.2 Å². The Hall–Kier alpha value is -1.90. The van der Waals surface area contributed by atoms with Crippen molar-refractivity contribution in [2.75, 3.05) is 26.7 Å². The number of hydrogen-bond acceptors (Lipinski definition) is 4. The highest BCUT2D eigenvalue weighted by atomic mass is 32.2. The largest absolute Gasteiger partial charge is 0.356 e. The Morgan fingerprint density at radius 2 is 1.83 bits per heavy atom. The summed E-state index contributed by atoms with van der Waals surface area (Å²) < 4.78 is 27.9. The minimum Gasteiger partial charge on any atom is -0.356 e. The molecule has 3 rings (SSSR count). The SMILES string of the molecule is CN=C(NCc1ccccc1S(=O)(=O)N1CCCCC1)NCC(C)(C)c1cccs1. The Labute approximate surface area is 184 Å². The van der Waals surface area contributed by atoms with E-state index in [-0.39, 0.29) is 5.41 Å². The Bertz CT molecular complexity index is 947. The number of benzene rings is 1. The van der Waals surface area contributed by atoms with Gasteiger partial charge >= 0.3 is 0 Å². The second-order valence-electron chi connectivity index (χ2n) is 8.21. The molecule has 0 spiro atoms. The Morgan fingerprint density at radius 3 is 2.50 bits per heavy atom. The summed E-state index contributed by atoms with van der Waals surface area (Å²) in [6.45, 7) is 6.71. The second kappa shape index (κ2) is 9.94. The molecule has 0 saturated carbocycles. The summed E-state index contributed by atoms with van der Waals surface area (Å²) in [5, 5.41) is 8.74. The van der Waals surface area contributed by atoms with Crippen molar-refractivity contribution in [1.29, 1.82) is 0 Å². The summed E-state index contributed by atoms with van der Waals surface area (Å²) in [7, 11) is -1.75. The van der Waals surface area contributed by atoms with Gasteiger partial charge in [0.1, 0.15) is 0 Å². The van der Waals surface area contributed by atoms with Gasteiger partial charge in [0, 0.05) is 43.5 Å². The van der Waals surface area contributed by atoms with Crippen LogP contribution in [-0.2, 0) is 22.0 Å². The summed E-state index contributed by atoms with van der Waals surface area (Å²) in [6, 6.07) is 11.4. The molecule has 1 aliphatic heterocycles. The Kier molecular flexibility index (Phi) is 7.55. The van der Waals surface area contributed by atoms with E-state index in [0.29, 0.717) is 30.5 Å². The molecule has 0 bridgehead atoms. The number of nitrogens with zero attached hydrogens (tertiary/aromatic N) is 2. The lowest BCUT2D eigenvalue weighted by molar-refractivity contribution is 0.346. The molecule has 6 nitrogen and oxygen atoms in total. The molecule has 1 fully saturated rings. The van der Waals surface area contributed by atoms with Crippen LogP contribution in [0.5, 0.6) is 0 Å². The van der Waals surface area contributed by atoms with Crippen LogP contribution in [0.25, 0.3) is 0 Å². The van der Waals surface area contributed by atoms with Gasteiger partial charge in [-0.1, -0.05) is 44.5 Å². The zero-order valence-corrected chi connectivity index (χ0v) is 19.7. The van der Waals surface area contributed by atoms with Gasteiger partial charge in [-0.3, -0.25) is 4.99 Å². The van der Waals surface area contributed by atoms with Gasteiger partial charge in [-0.05, 0) is 35.9 Å². The number of sulfonamides is 1. The van der Waals surface area contributed by atoms with Crippen LogP contribution < -0.4 is 10.6 Å². The maximum Gasteiger partial charge on any atom is 0.243 e. The van der Waals surface area contributed by atoms with Crippen molar-refractivity contribution in [2.45, 2.75) is 50.0 Å². The molecule has 0 radical (unpaired) electrons. The van der Waals surface area contributed by atoms with Crippen molar-refractivity contribution < 1.29 is 8.42 Å². The van der Waals surface area contributed by atoms with E-state index in [1.54, 1.807) is 34.8 Å². The van der Waals surface area contributed by atoms with Crippen LogP contribution in [0.1, 0.15) is 43.6 Å². The summed E-state index contributed by atoms with van der Waals surface area (Å²) in [5.74, 6) is 0.657. The summed E-state index contributed by atoms with van der Waals surface area (Å²) in [6.07, 6.45) is 2.95. The van der Waals surface area contributed by atoms with Crippen molar-refractivity contribution >= 4 is 27.3 Å². The minimum atomic E-state index is -3.48. The van der Waals surface area contributed by atoms with Crippen LogP contribution in [0.4, 0.5) is 0 Å². The minimum absolute atomic E-state index is 0.0265. The molecule has 0 amide bonds. The smallest absolute Gasteiger partial charge is 0.243 e. The predicted octanol–water partition coefficient (Wildman–Crippen LogP) is 3.57. The molecule has 0 aliphatic carbocycles. The van der Waals surface area contributed by atoms with Crippen LogP contribution in [0.2, 0.25) is 0 Å². The molecule has 1 aromatic carbocycles. The Morgan fingerprint density at radius 1 is 1.10 bits per heavy atom. The van der Waals surface area contributed by atoms with E-state index in [1.165, 1.54) is 4.88 Å². The van der Waals surface area contributed by atoms with Gasteiger partial charge in [0.2, 0.25) is 10.0 Å². The van der Waals surface area contributed by atoms with Crippen LogP contribution in [0, 0.1) is 0 Å². The molecule has 8 heteroatoms. The fourth-order valence-electron chi connectivity index (χ4n) is 3.60. The third-order valence-electron chi connectivity index (χ3n) is 5.46. The monoisotopic (exact) mass is 448 g/mol. The number of guanidine groups is 1. The fourth-order valence-corrected chi connectivity index (χ4v) is 6.19. The number of nitrogens with one attached hydrogen (secondary N) is 2. The average molecular weight is 449 g/mol. The lowest BCUT2D eigenvalue weighted by atomic mass is 9.91. The molecule has 1 aliphatic rings. The zero-order chi connectivity index (χ0) is 21.6. The lowest BCUT2D eigenvalue weighted by Crippen LogP contribution is -2.43. The lowest BCUT2D eigenvalue weighted by Gasteiger charge is -2.27. The van der Waals surface area contributed by atoms with Gasteiger partial charge in [0.15, 0.2) is 5.96 Å². The van der Waals surface area contributed by atoms with Crippen molar-refractivity contribution in [2.24, 2.45) is 4.99 Å². The molecule has 1 aromatic heterocycles. The first-order valence-corrected chi connectivity index (χ1v) is 12.7. The normalized spacial score (nSPS) is 16.4. The van der Waals surface area contributed by atoms with Crippen molar-refractivity contribution in [3.63, 3.8) is 0 Å². The van der Waals surface area contributed by atoms with Crippen molar-refractivity contribution in [1.82, 2.24) is 14.9 Å². The summed E-state index contributed by atoms with van der Waals surface area (Å²) in [4.78, 5) is 6.00. The van der Waals surface area contributed by atoms with E-state index in [9.17, 15) is 8.42 Å². The molecular formula is C22H32N4O2S2. The molecule has 2 aromatic rings. The van der Waals surface area contributed by atoms with Gasteiger partial charge in [-0.15, -0.1) is 11.3 Å². The van der Waals surface area contributed by atoms with Gasteiger partial charge in [0.05, 0.1) is 4.90 Å². The number of hydrogen-bond donors (Lipinski definition) is 2.